The van der Waals surface area contributed by atoms with E-state index >= 15 is 0 Å². The molecule has 0 fully saturated rings. The lowest BCUT2D eigenvalue weighted by Gasteiger charge is -2.14. The number of carbonyl (C=O) groups is 1. The molecule has 0 aliphatic heterocycles. The Bertz CT molecular complexity index is 2090. The van der Waals surface area contributed by atoms with E-state index in [1.165, 1.54) is 10.9 Å². The van der Waals surface area contributed by atoms with Crippen LogP contribution in [-0.4, -0.2) is 35.0 Å². The van der Waals surface area contributed by atoms with Crippen molar-refractivity contribution in [1.82, 2.24) is 9.66 Å². The van der Waals surface area contributed by atoms with Crippen LogP contribution < -0.4 is 20.3 Å². The molecular formula is C33H24Br2N4O5. The van der Waals surface area contributed by atoms with Crippen LogP contribution in [0.15, 0.2) is 114 Å². The number of nitrogens with zero attached hydrogens (tertiary/aromatic N) is 3. The molecule has 2 heterocycles. The number of amides is 1. The molecule has 0 spiro atoms. The van der Waals surface area contributed by atoms with Gasteiger partial charge in [0.05, 0.1) is 28.2 Å². The normalized spacial score (nSPS) is 11.3. The maximum atomic E-state index is 13.7. The van der Waals surface area contributed by atoms with Crippen molar-refractivity contribution in [1.29, 1.82) is 0 Å². The molecule has 11 heteroatoms. The van der Waals surface area contributed by atoms with Gasteiger partial charge in [0.15, 0.2) is 23.9 Å². The van der Waals surface area contributed by atoms with Gasteiger partial charge < -0.3 is 19.2 Å². The highest BCUT2D eigenvalue weighted by molar-refractivity contribution is 9.10. The van der Waals surface area contributed by atoms with Crippen LogP contribution in [0.1, 0.15) is 12.5 Å². The first-order valence-corrected chi connectivity index (χ1v) is 15.2. The molecule has 220 valence electrons. The second-order valence-electron chi connectivity index (χ2n) is 9.57. The van der Waals surface area contributed by atoms with E-state index in [2.05, 4.69) is 42.3 Å². The number of rotatable bonds is 9. The molecule has 4 aromatic carbocycles. The number of anilines is 1. The first-order chi connectivity index (χ1) is 21.4. The lowest BCUT2D eigenvalue weighted by atomic mass is 10.2. The number of para-hydroxylation sites is 2. The van der Waals surface area contributed by atoms with Crippen molar-refractivity contribution in [3.8, 4) is 23.1 Å². The Hall–Kier alpha value is -4.74. The minimum Gasteiger partial charge on any atom is -0.490 e. The fraction of sp³-hybridized carbons (Fsp3) is 0.0909. The van der Waals surface area contributed by atoms with E-state index in [0.717, 1.165) is 9.86 Å². The molecule has 0 radical (unpaired) electrons. The summed E-state index contributed by atoms with van der Waals surface area (Å²) < 4.78 is 20.4. The van der Waals surface area contributed by atoms with Crippen molar-refractivity contribution in [2.75, 3.05) is 18.5 Å². The van der Waals surface area contributed by atoms with Gasteiger partial charge >= 0.3 is 0 Å². The SMILES string of the molecule is CCOc1cc(C=Nn2c(-c3cc4cc(Br)ccc4o3)nc3ccccc3c2=O)cc(Br)c1OCC(=O)Nc1ccccc1. The lowest BCUT2D eigenvalue weighted by molar-refractivity contribution is -0.118. The standard InChI is InChI=1S/C33H24Br2N4O5/c1-2-42-28-15-20(14-25(35)31(28)43-19-30(40)37-23-8-4-3-5-9-23)18-36-39-32(38-26-11-7-6-10-24(26)33(39)41)29-17-21-16-22(34)12-13-27(21)44-29/h3-18H,2,19H2,1H3,(H,37,40). The van der Waals surface area contributed by atoms with Gasteiger partial charge in [0, 0.05) is 15.5 Å². The van der Waals surface area contributed by atoms with E-state index in [1.807, 2.05) is 55.5 Å². The Morgan fingerprint density at radius 1 is 1.00 bits per heavy atom. The van der Waals surface area contributed by atoms with E-state index < -0.39 is 0 Å². The van der Waals surface area contributed by atoms with E-state index in [4.69, 9.17) is 18.9 Å². The maximum Gasteiger partial charge on any atom is 0.282 e. The van der Waals surface area contributed by atoms with Crippen LogP contribution >= 0.6 is 31.9 Å². The van der Waals surface area contributed by atoms with Gasteiger partial charge in [-0.3, -0.25) is 9.59 Å². The molecule has 1 amide bonds. The number of carbonyl (C=O) groups excluding carboxylic acids is 1. The fourth-order valence-corrected chi connectivity index (χ4v) is 5.51. The minimum absolute atomic E-state index is 0.226. The zero-order valence-corrected chi connectivity index (χ0v) is 26.5. The number of ether oxygens (including phenoxy) is 2. The second-order valence-corrected chi connectivity index (χ2v) is 11.3. The number of nitrogens with one attached hydrogen (secondary N) is 1. The van der Waals surface area contributed by atoms with Gasteiger partial charge in [0.2, 0.25) is 5.82 Å². The molecule has 0 saturated heterocycles. The molecule has 44 heavy (non-hydrogen) atoms. The third-order valence-corrected chi connectivity index (χ3v) is 7.59. The second kappa shape index (κ2) is 12.9. The smallest absolute Gasteiger partial charge is 0.282 e. The minimum atomic E-state index is -0.350. The summed E-state index contributed by atoms with van der Waals surface area (Å²) in [4.78, 5) is 30.9. The molecule has 0 aliphatic rings. The van der Waals surface area contributed by atoms with Crippen molar-refractivity contribution < 1.29 is 18.7 Å². The Labute approximate surface area is 268 Å². The molecule has 0 aliphatic carbocycles. The van der Waals surface area contributed by atoms with Gasteiger partial charge in [0.25, 0.3) is 11.5 Å². The van der Waals surface area contributed by atoms with E-state index in [0.29, 0.717) is 56.1 Å². The first-order valence-electron chi connectivity index (χ1n) is 13.6. The van der Waals surface area contributed by atoms with Crippen molar-refractivity contribution in [2.24, 2.45) is 5.10 Å². The van der Waals surface area contributed by atoms with Gasteiger partial charge in [-0.25, -0.2) is 4.98 Å². The molecule has 1 N–H and O–H groups in total. The molecule has 2 aromatic heterocycles. The topological polar surface area (TPSA) is 108 Å². The largest absolute Gasteiger partial charge is 0.490 e. The zero-order chi connectivity index (χ0) is 30.6. The summed E-state index contributed by atoms with van der Waals surface area (Å²) in [6.45, 7) is 1.98. The number of aromatic nitrogens is 2. The van der Waals surface area contributed by atoms with Crippen LogP contribution in [0, 0.1) is 0 Å². The average molecular weight is 716 g/mol. The third kappa shape index (κ3) is 6.29. The zero-order valence-electron chi connectivity index (χ0n) is 23.3. The molecule has 0 atom stereocenters. The lowest BCUT2D eigenvalue weighted by Crippen LogP contribution is -2.20. The van der Waals surface area contributed by atoms with Crippen molar-refractivity contribution >= 4 is 71.5 Å². The monoisotopic (exact) mass is 714 g/mol. The Balaban J connectivity index is 1.34. The van der Waals surface area contributed by atoms with Gasteiger partial charge in [-0.2, -0.15) is 9.78 Å². The number of benzene rings is 4. The predicted molar refractivity (Wildman–Crippen MR) is 178 cm³/mol. The Morgan fingerprint density at radius 2 is 1.80 bits per heavy atom. The summed E-state index contributed by atoms with van der Waals surface area (Å²) in [5.41, 5.74) is 2.11. The van der Waals surface area contributed by atoms with Gasteiger partial charge in [0.1, 0.15) is 5.58 Å². The highest BCUT2D eigenvalue weighted by Crippen LogP contribution is 2.37. The van der Waals surface area contributed by atoms with Crippen LogP contribution in [0.3, 0.4) is 0 Å². The van der Waals surface area contributed by atoms with Crippen LogP contribution in [0.5, 0.6) is 11.5 Å². The quantitative estimate of drug-likeness (QED) is 0.154. The number of hydrogen-bond acceptors (Lipinski definition) is 7. The average Bonchev–Trinajstić information content (AvgIpc) is 3.44. The van der Waals surface area contributed by atoms with Crippen LogP contribution in [0.2, 0.25) is 0 Å². The van der Waals surface area contributed by atoms with Crippen LogP contribution in [-0.2, 0) is 4.79 Å². The summed E-state index contributed by atoms with van der Waals surface area (Å²) in [7, 11) is 0. The highest BCUT2D eigenvalue weighted by atomic mass is 79.9. The van der Waals surface area contributed by atoms with Gasteiger partial charge in [-0.05, 0) is 89.1 Å². The van der Waals surface area contributed by atoms with E-state index in [1.54, 1.807) is 42.5 Å². The summed E-state index contributed by atoms with van der Waals surface area (Å²) in [5, 5.41) is 8.61. The highest BCUT2D eigenvalue weighted by Gasteiger charge is 2.18. The van der Waals surface area contributed by atoms with E-state index in [-0.39, 0.29) is 23.9 Å². The van der Waals surface area contributed by atoms with E-state index in [9.17, 15) is 9.59 Å². The summed E-state index contributed by atoms with van der Waals surface area (Å²) >= 11 is 7.02. The predicted octanol–water partition coefficient (Wildman–Crippen LogP) is 7.63. The summed E-state index contributed by atoms with van der Waals surface area (Å²) in [6.07, 6.45) is 1.53. The maximum absolute atomic E-state index is 13.7. The fourth-order valence-electron chi connectivity index (χ4n) is 4.56. The summed E-state index contributed by atoms with van der Waals surface area (Å²) in [6, 6.07) is 27.2. The number of furan rings is 1. The van der Waals surface area contributed by atoms with Crippen molar-refractivity contribution in [3.63, 3.8) is 0 Å². The number of halogens is 2. The molecule has 0 bridgehead atoms. The number of hydrogen-bond donors (Lipinski definition) is 1. The molecule has 9 nitrogen and oxygen atoms in total. The van der Waals surface area contributed by atoms with Crippen molar-refractivity contribution in [2.45, 2.75) is 6.92 Å². The van der Waals surface area contributed by atoms with Crippen LogP contribution in [0.4, 0.5) is 5.69 Å². The van der Waals surface area contributed by atoms with Crippen molar-refractivity contribution in [3.05, 3.63) is 116 Å². The number of fused-ring (bicyclic) bond motifs is 2. The molecule has 6 aromatic rings. The Morgan fingerprint density at radius 3 is 2.61 bits per heavy atom. The molecule has 6 rings (SSSR count). The summed E-state index contributed by atoms with van der Waals surface area (Å²) in [5.74, 6) is 1.11. The molecule has 0 saturated carbocycles. The molecular weight excluding hydrogens is 692 g/mol. The first kappa shape index (κ1) is 29.3. The molecule has 0 unspecified atom stereocenters. The third-order valence-electron chi connectivity index (χ3n) is 6.51. The van der Waals surface area contributed by atoms with Crippen LogP contribution in [0.25, 0.3) is 33.5 Å². The van der Waals surface area contributed by atoms with Gasteiger partial charge in [-0.15, -0.1) is 0 Å². The van der Waals surface area contributed by atoms with Gasteiger partial charge in [-0.1, -0.05) is 46.3 Å². The Kier molecular flexibility index (Phi) is 8.58.